The lowest BCUT2D eigenvalue weighted by atomic mass is 10.8. The quantitative estimate of drug-likeness (QED) is 0.457. The molecular formula is C3H5N5. The topological polar surface area (TPSA) is 56.0 Å². The molecule has 1 heterocycles. The minimum Gasteiger partial charge on any atom is -0.164 e. The Labute approximate surface area is 46.0 Å². The van der Waals surface area contributed by atoms with Crippen LogP contribution in [0.25, 0.3) is 0 Å². The molecule has 5 heteroatoms. The molecule has 0 aliphatic heterocycles. The van der Waals surface area contributed by atoms with Crippen molar-refractivity contribution in [2.75, 3.05) is 0 Å². The van der Waals surface area contributed by atoms with Crippen LogP contribution in [0, 0.1) is 6.92 Å². The number of rotatable bonds is 1. The molecule has 0 spiro atoms. The van der Waals surface area contributed by atoms with Crippen molar-refractivity contribution < 1.29 is 0 Å². The van der Waals surface area contributed by atoms with E-state index in [1.54, 1.807) is 6.92 Å². The summed E-state index contributed by atoms with van der Waals surface area (Å²) >= 11 is 0. The van der Waals surface area contributed by atoms with E-state index < -0.39 is 0 Å². The van der Waals surface area contributed by atoms with Crippen molar-refractivity contribution in [1.29, 1.82) is 0 Å². The Hall–Kier alpha value is -1.26. The van der Waals surface area contributed by atoms with Crippen LogP contribution in [0.2, 0.25) is 0 Å². The lowest BCUT2D eigenvalue weighted by Gasteiger charge is -1.83. The van der Waals surface area contributed by atoms with Gasteiger partial charge in [0, 0.05) is 6.72 Å². The van der Waals surface area contributed by atoms with E-state index >= 15 is 0 Å². The van der Waals surface area contributed by atoms with Gasteiger partial charge in [0.25, 0.3) is 0 Å². The molecule has 0 saturated heterocycles. The van der Waals surface area contributed by atoms with Gasteiger partial charge in [-0.15, -0.1) is 9.89 Å². The lowest BCUT2D eigenvalue weighted by molar-refractivity contribution is 0.680. The van der Waals surface area contributed by atoms with Gasteiger partial charge < -0.3 is 0 Å². The molecule has 0 aliphatic rings. The van der Waals surface area contributed by atoms with Crippen LogP contribution in [0.5, 0.6) is 0 Å². The Balaban J connectivity index is 3.09. The summed E-state index contributed by atoms with van der Waals surface area (Å²) in [7, 11) is 0. The van der Waals surface area contributed by atoms with E-state index in [1.165, 1.54) is 4.79 Å². The normalized spacial score (nSPS) is 9.12. The maximum atomic E-state index is 3.56. The van der Waals surface area contributed by atoms with E-state index in [4.69, 9.17) is 0 Å². The van der Waals surface area contributed by atoms with Gasteiger partial charge in [0.05, 0.1) is 0 Å². The molecule has 0 fully saturated rings. The predicted octanol–water partition coefficient (Wildman–Crippen LogP) is -0.555. The smallest absolute Gasteiger partial charge is 0.164 e. The average molecular weight is 111 g/mol. The van der Waals surface area contributed by atoms with E-state index in [-0.39, 0.29) is 0 Å². The van der Waals surface area contributed by atoms with Gasteiger partial charge in [-0.2, -0.15) is 5.10 Å². The van der Waals surface area contributed by atoms with Crippen LogP contribution in [0.4, 0.5) is 0 Å². The largest absolute Gasteiger partial charge is 0.173 e. The Kier molecular flexibility index (Phi) is 1.03. The minimum absolute atomic E-state index is 0.639. The number of tetrazole rings is 1. The molecular weight excluding hydrogens is 106 g/mol. The van der Waals surface area contributed by atoms with Crippen molar-refractivity contribution in [3.05, 3.63) is 5.82 Å². The molecule has 8 heavy (non-hydrogen) atoms. The fraction of sp³-hybridized carbons (Fsp3) is 0.333. The first-order chi connectivity index (χ1) is 3.84. The third kappa shape index (κ3) is 0.575. The highest BCUT2D eigenvalue weighted by Crippen LogP contribution is 1.82. The second kappa shape index (κ2) is 1.69. The van der Waals surface area contributed by atoms with Crippen molar-refractivity contribution in [2.45, 2.75) is 6.92 Å². The second-order valence-electron chi connectivity index (χ2n) is 1.26. The Morgan fingerprint density at radius 1 is 1.75 bits per heavy atom. The van der Waals surface area contributed by atoms with Crippen molar-refractivity contribution in [3.63, 3.8) is 0 Å². The summed E-state index contributed by atoms with van der Waals surface area (Å²) in [5.74, 6) is 0.639. The van der Waals surface area contributed by atoms with Gasteiger partial charge in [0.15, 0.2) is 5.82 Å². The molecule has 0 bridgehead atoms. The van der Waals surface area contributed by atoms with Crippen molar-refractivity contribution in [2.24, 2.45) is 5.10 Å². The fourth-order valence-electron chi connectivity index (χ4n) is 0.358. The maximum Gasteiger partial charge on any atom is 0.173 e. The highest BCUT2D eigenvalue weighted by atomic mass is 15.7. The molecule has 5 nitrogen and oxygen atoms in total. The van der Waals surface area contributed by atoms with Gasteiger partial charge in [-0.25, -0.2) is 0 Å². The Morgan fingerprint density at radius 2 is 2.50 bits per heavy atom. The van der Waals surface area contributed by atoms with E-state index in [0.717, 1.165) is 0 Å². The molecule has 0 unspecified atom stereocenters. The predicted molar refractivity (Wildman–Crippen MR) is 27.5 cm³/mol. The Bertz CT molecular complexity index is 189. The van der Waals surface area contributed by atoms with Crippen LogP contribution >= 0.6 is 0 Å². The van der Waals surface area contributed by atoms with Gasteiger partial charge in [-0.05, 0) is 17.4 Å². The van der Waals surface area contributed by atoms with Crippen LogP contribution in [-0.2, 0) is 0 Å². The summed E-state index contributed by atoms with van der Waals surface area (Å²) in [5, 5.41) is 13.8. The van der Waals surface area contributed by atoms with Gasteiger partial charge >= 0.3 is 0 Å². The van der Waals surface area contributed by atoms with Crippen molar-refractivity contribution in [3.8, 4) is 0 Å². The van der Waals surface area contributed by atoms with Gasteiger partial charge in [-0.3, -0.25) is 0 Å². The minimum atomic E-state index is 0.639. The molecule has 0 N–H and O–H groups in total. The summed E-state index contributed by atoms with van der Waals surface area (Å²) in [6.45, 7) is 4.98. The van der Waals surface area contributed by atoms with Gasteiger partial charge in [0.2, 0.25) is 0 Å². The lowest BCUT2D eigenvalue weighted by Crippen LogP contribution is -1.91. The SMILES string of the molecule is C=Nn1nnnc1C. The summed E-state index contributed by atoms with van der Waals surface area (Å²) in [5.41, 5.74) is 0. The molecule has 0 saturated carbocycles. The summed E-state index contributed by atoms with van der Waals surface area (Å²) in [6.07, 6.45) is 0. The zero-order valence-electron chi connectivity index (χ0n) is 4.44. The first kappa shape index (κ1) is 4.89. The highest BCUT2D eigenvalue weighted by Gasteiger charge is 1.91. The van der Waals surface area contributed by atoms with Crippen LogP contribution in [0.3, 0.4) is 0 Å². The zero-order valence-corrected chi connectivity index (χ0v) is 4.44. The number of aryl methyl sites for hydroxylation is 1. The van der Waals surface area contributed by atoms with Gasteiger partial charge in [0.1, 0.15) is 0 Å². The third-order valence-electron chi connectivity index (χ3n) is 0.738. The van der Waals surface area contributed by atoms with Crippen LogP contribution in [0.15, 0.2) is 5.10 Å². The number of hydrogen-bond acceptors (Lipinski definition) is 4. The molecule has 1 aromatic heterocycles. The van der Waals surface area contributed by atoms with E-state index in [0.29, 0.717) is 5.82 Å². The monoisotopic (exact) mass is 111 g/mol. The van der Waals surface area contributed by atoms with Crippen LogP contribution in [-0.4, -0.2) is 27.0 Å². The van der Waals surface area contributed by atoms with Crippen molar-refractivity contribution in [1.82, 2.24) is 20.3 Å². The Morgan fingerprint density at radius 3 is 2.75 bits per heavy atom. The second-order valence-corrected chi connectivity index (χ2v) is 1.26. The molecule has 0 aromatic carbocycles. The van der Waals surface area contributed by atoms with Crippen molar-refractivity contribution >= 4 is 6.72 Å². The molecule has 0 atom stereocenters. The van der Waals surface area contributed by atoms with E-state index in [1.807, 2.05) is 0 Å². The van der Waals surface area contributed by atoms with Gasteiger partial charge in [-0.1, -0.05) is 0 Å². The van der Waals surface area contributed by atoms with Crippen LogP contribution in [0.1, 0.15) is 5.82 Å². The average Bonchev–Trinajstić information content (AvgIpc) is 2.14. The number of aromatic nitrogens is 4. The van der Waals surface area contributed by atoms with E-state index in [2.05, 4.69) is 27.3 Å². The third-order valence-corrected chi connectivity index (χ3v) is 0.738. The molecule has 42 valence electrons. The molecule has 0 amide bonds. The first-order valence-electron chi connectivity index (χ1n) is 2.06. The fourth-order valence-corrected chi connectivity index (χ4v) is 0.358. The molecule has 1 aromatic rings. The standard InChI is InChI=1S/C3H5N5/c1-3-5-6-7-8(3)4-2/h2H2,1H3. The number of nitrogens with zero attached hydrogens (tertiary/aromatic N) is 5. The van der Waals surface area contributed by atoms with E-state index in [9.17, 15) is 0 Å². The maximum absolute atomic E-state index is 3.56. The summed E-state index contributed by atoms with van der Waals surface area (Å²) < 4.78 is 0. The zero-order chi connectivity index (χ0) is 5.98. The summed E-state index contributed by atoms with van der Waals surface area (Å²) in [6, 6.07) is 0. The molecule has 0 aliphatic carbocycles. The first-order valence-corrected chi connectivity index (χ1v) is 2.06. The summed E-state index contributed by atoms with van der Waals surface area (Å²) in [4.78, 5) is 1.25. The van der Waals surface area contributed by atoms with Crippen LogP contribution < -0.4 is 0 Å². The highest BCUT2D eigenvalue weighted by molar-refractivity contribution is 5.22. The molecule has 1 rings (SSSR count). The number of hydrogen-bond donors (Lipinski definition) is 0. The molecule has 0 radical (unpaired) electrons.